The van der Waals surface area contributed by atoms with E-state index in [1.54, 1.807) is 39.2 Å². The molecule has 0 fully saturated rings. The van der Waals surface area contributed by atoms with Gasteiger partial charge in [0.1, 0.15) is 6.04 Å². The average molecular weight is 217 g/mol. The second kappa shape index (κ2) is 5.17. The van der Waals surface area contributed by atoms with Crippen molar-refractivity contribution in [3.05, 3.63) is 29.8 Å². The molecule has 4 nitrogen and oxygen atoms in total. The van der Waals surface area contributed by atoms with Gasteiger partial charge in [0.25, 0.3) is 0 Å². The molecule has 1 aromatic rings. The third-order valence-corrected chi connectivity index (χ3v) is 2.19. The Hall–Kier alpha value is -2.02. The topological polar surface area (TPSA) is 56.1 Å². The van der Waals surface area contributed by atoms with Crippen LogP contribution in [0.5, 0.6) is 0 Å². The smallest absolute Gasteiger partial charge is 0.244 e. The normalized spacial score (nSPS) is 11.4. The molecule has 1 aromatic carbocycles. The minimum Gasteiger partial charge on any atom is -0.374 e. The number of carbonyl (C=O) groups is 1. The zero-order chi connectivity index (χ0) is 12.1. The summed E-state index contributed by atoms with van der Waals surface area (Å²) in [5.74, 6) is 0.00219. The van der Waals surface area contributed by atoms with Crippen molar-refractivity contribution in [2.75, 3.05) is 19.4 Å². The van der Waals surface area contributed by atoms with E-state index in [1.165, 1.54) is 4.90 Å². The van der Waals surface area contributed by atoms with Gasteiger partial charge in [-0.1, -0.05) is 6.07 Å². The predicted molar refractivity (Wildman–Crippen MR) is 62.9 cm³/mol. The van der Waals surface area contributed by atoms with Crippen LogP contribution in [0.4, 0.5) is 5.69 Å². The molecule has 0 saturated carbocycles. The van der Waals surface area contributed by atoms with Gasteiger partial charge in [0, 0.05) is 19.8 Å². The molecule has 0 radical (unpaired) electrons. The van der Waals surface area contributed by atoms with Gasteiger partial charge in [0.15, 0.2) is 0 Å². The third-order valence-electron chi connectivity index (χ3n) is 2.19. The number of hydrogen-bond acceptors (Lipinski definition) is 3. The first kappa shape index (κ1) is 12.1. The molecule has 4 heteroatoms. The Kier molecular flexibility index (Phi) is 3.90. The molecule has 0 aliphatic heterocycles. The Labute approximate surface area is 95.5 Å². The summed E-state index contributed by atoms with van der Waals surface area (Å²) in [5.41, 5.74) is 1.36. The molecule has 0 bridgehead atoms. The van der Waals surface area contributed by atoms with Crippen LogP contribution in [0.3, 0.4) is 0 Å². The number of amides is 1. The molecule has 1 unspecified atom stereocenters. The van der Waals surface area contributed by atoms with Crippen LogP contribution in [-0.4, -0.2) is 30.9 Å². The number of nitrogens with zero attached hydrogens (tertiary/aromatic N) is 2. The second-order valence-electron chi connectivity index (χ2n) is 3.79. The second-order valence-corrected chi connectivity index (χ2v) is 3.79. The van der Waals surface area contributed by atoms with E-state index in [2.05, 4.69) is 11.4 Å². The predicted octanol–water partition coefficient (Wildman–Crippen LogP) is 1.45. The van der Waals surface area contributed by atoms with E-state index in [1.807, 2.05) is 6.07 Å². The van der Waals surface area contributed by atoms with Crippen LogP contribution < -0.4 is 5.32 Å². The maximum absolute atomic E-state index is 11.6. The van der Waals surface area contributed by atoms with E-state index in [0.717, 1.165) is 5.69 Å². The van der Waals surface area contributed by atoms with Crippen LogP contribution in [0.15, 0.2) is 24.3 Å². The molecule has 1 rings (SSSR count). The molecule has 0 aliphatic rings. The highest BCUT2D eigenvalue weighted by Gasteiger charge is 2.14. The maximum Gasteiger partial charge on any atom is 0.244 e. The van der Waals surface area contributed by atoms with Gasteiger partial charge in [-0.3, -0.25) is 4.79 Å². The molecule has 0 aromatic heterocycles. The SMILES string of the molecule is CC(Nc1cccc(C#N)c1)C(=O)N(C)C. The molecule has 16 heavy (non-hydrogen) atoms. The highest BCUT2D eigenvalue weighted by atomic mass is 16.2. The zero-order valence-corrected chi connectivity index (χ0v) is 9.69. The minimum absolute atomic E-state index is 0.00219. The molecular formula is C12H15N3O. The summed E-state index contributed by atoms with van der Waals surface area (Å²) in [6.45, 7) is 1.79. The number of carbonyl (C=O) groups excluding carboxylic acids is 1. The van der Waals surface area contributed by atoms with Crippen molar-refractivity contribution >= 4 is 11.6 Å². The molecule has 1 amide bonds. The van der Waals surface area contributed by atoms with Crippen molar-refractivity contribution in [1.82, 2.24) is 4.90 Å². The number of anilines is 1. The van der Waals surface area contributed by atoms with Gasteiger partial charge < -0.3 is 10.2 Å². The van der Waals surface area contributed by atoms with Crippen molar-refractivity contribution in [1.29, 1.82) is 5.26 Å². The first-order chi connectivity index (χ1) is 7.54. The third kappa shape index (κ3) is 2.99. The summed E-state index contributed by atoms with van der Waals surface area (Å²) in [6, 6.07) is 8.82. The van der Waals surface area contributed by atoms with E-state index < -0.39 is 0 Å². The Morgan fingerprint density at radius 3 is 2.75 bits per heavy atom. The van der Waals surface area contributed by atoms with E-state index in [9.17, 15) is 4.79 Å². The van der Waals surface area contributed by atoms with Crippen LogP contribution in [0.2, 0.25) is 0 Å². The monoisotopic (exact) mass is 217 g/mol. The van der Waals surface area contributed by atoms with Gasteiger partial charge in [0.2, 0.25) is 5.91 Å². The van der Waals surface area contributed by atoms with Crippen LogP contribution in [-0.2, 0) is 4.79 Å². The Morgan fingerprint density at radius 2 is 2.19 bits per heavy atom. The number of nitrogens with one attached hydrogen (secondary N) is 1. The Bertz CT molecular complexity index is 421. The first-order valence-electron chi connectivity index (χ1n) is 5.02. The van der Waals surface area contributed by atoms with Crippen molar-refractivity contribution < 1.29 is 4.79 Å². The quantitative estimate of drug-likeness (QED) is 0.833. The van der Waals surface area contributed by atoms with E-state index in [0.29, 0.717) is 5.56 Å². The standard InChI is InChI=1S/C12H15N3O/c1-9(12(16)15(2)3)14-11-6-4-5-10(7-11)8-13/h4-7,9,14H,1-3H3. The van der Waals surface area contributed by atoms with Crippen molar-refractivity contribution in [3.8, 4) is 6.07 Å². The fraction of sp³-hybridized carbons (Fsp3) is 0.333. The summed E-state index contributed by atoms with van der Waals surface area (Å²) in [7, 11) is 3.43. The minimum atomic E-state index is -0.302. The lowest BCUT2D eigenvalue weighted by atomic mass is 10.2. The lowest BCUT2D eigenvalue weighted by Gasteiger charge is -2.18. The highest BCUT2D eigenvalue weighted by molar-refractivity contribution is 5.83. The number of hydrogen-bond donors (Lipinski definition) is 1. The van der Waals surface area contributed by atoms with E-state index in [4.69, 9.17) is 5.26 Å². The van der Waals surface area contributed by atoms with Gasteiger partial charge in [-0.25, -0.2) is 0 Å². The Balaban J connectivity index is 2.74. The lowest BCUT2D eigenvalue weighted by Crippen LogP contribution is -2.36. The van der Waals surface area contributed by atoms with Gasteiger partial charge in [-0.15, -0.1) is 0 Å². The summed E-state index contributed by atoms with van der Waals surface area (Å²) >= 11 is 0. The lowest BCUT2D eigenvalue weighted by molar-refractivity contribution is -0.129. The summed E-state index contributed by atoms with van der Waals surface area (Å²) in [6.07, 6.45) is 0. The van der Waals surface area contributed by atoms with Gasteiger partial charge in [0.05, 0.1) is 11.6 Å². The Morgan fingerprint density at radius 1 is 1.50 bits per heavy atom. The average Bonchev–Trinajstić information content (AvgIpc) is 2.28. The summed E-state index contributed by atoms with van der Waals surface area (Å²) in [5, 5.41) is 11.8. The van der Waals surface area contributed by atoms with E-state index >= 15 is 0 Å². The molecule has 84 valence electrons. The number of likely N-dealkylation sites (N-methyl/N-ethyl adjacent to an activating group) is 1. The molecular weight excluding hydrogens is 202 g/mol. The van der Waals surface area contributed by atoms with Gasteiger partial charge in [-0.2, -0.15) is 5.26 Å². The summed E-state index contributed by atoms with van der Waals surface area (Å²) in [4.78, 5) is 13.1. The largest absolute Gasteiger partial charge is 0.374 e. The number of nitriles is 1. The van der Waals surface area contributed by atoms with Crippen molar-refractivity contribution in [3.63, 3.8) is 0 Å². The number of benzene rings is 1. The van der Waals surface area contributed by atoms with Gasteiger partial charge in [-0.05, 0) is 25.1 Å². The van der Waals surface area contributed by atoms with Gasteiger partial charge >= 0.3 is 0 Å². The van der Waals surface area contributed by atoms with Crippen LogP contribution >= 0.6 is 0 Å². The molecule has 0 aliphatic carbocycles. The fourth-order valence-corrected chi connectivity index (χ4v) is 1.38. The molecule has 0 saturated heterocycles. The first-order valence-corrected chi connectivity index (χ1v) is 5.02. The zero-order valence-electron chi connectivity index (χ0n) is 9.69. The number of rotatable bonds is 3. The van der Waals surface area contributed by atoms with E-state index in [-0.39, 0.29) is 11.9 Å². The highest BCUT2D eigenvalue weighted by Crippen LogP contribution is 2.11. The van der Waals surface area contributed by atoms with Crippen molar-refractivity contribution in [2.24, 2.45) is 0 Å². The summed E-state index contributed by atoms with van der Waals surface area (Å²) < 4.78 is 0. The molecule has 1 atom stereocenters. The van der Waals surface area contributed by atoms with Crippen LogP contribution in [0, 0.1) is 11.3 Å². The van der Waals surface area contributed by atoms with Crippen LogP contribution in [0.1, 0.15) is 12.5 Å². The molecule has 0 heterocycles. The fourth-order valence-electron chi connectivity index (χ4n) is 1.38. The molecule has 0 spiro atoms. The van der Waals surface area contributed by atoms with Crippen molar-refractivity contribution in [2.45, 2.75) is 13.0 Å². The maximum atomic E-state index is 11.6. The van der Waals surface area contributed by atoms with Crippen LogP contribution in [0.25, 0.3) is 0 Å². The molecule has 1 N–H and O–H groups in total.